The molecule has 0 saturated carbocycles. The zero-order valence-corrected chi connectivity index (χ0v) is 15.8. The molecular weight excluding hydrogens is 377 g/mol. The van der Waals surface area contributed by atoms with Gasteiger partial charge < -0.3 is 0 Å². The molecule has 0 atom stereocenters. The van der Waals surface area contributed by atoms with Crippen LogP contribution in [0.2, 0.25) is 0 Å². The standard InChI is InChI=1S/C15H18Cl3N3O3/c1-10(16)4-7-19-13(22)20(8-5-11(2)17)15(24)21(14(19)23)9-6-12(3)18/h4-6H,7-9H2,1-3H3/b10-4-,11-5-,12-6-. The zero-order chi connectivity index (χ0) is 18.4. The average molecular weight is 395 g/mol. The van der Waals surface area contributed by atoms with E-state index in [9.17, 15) is 14.4 Å². The van der Waals surface area contributed by atoms with E-state index in [-0.39, 0.29) is 19.6 Å². The molecular formula is C15H18Cl3N3O3. The van der Waals surface area contributed by atoms with E-state index < -0.39 is 17.1 Å². The van der Waals surface area contributed by atoms with E-state index in [2.05, 4.69) is 0 Å². The highest BCUT2D eigenvalue weighted by atomic mass is 35.5. The lowest BCUT2D eigenvalue weighted by atomic mass is 10.4. The van der Waals surface area contributed by atoms with Crippen molar-refractivity contribution in [3.8, 4) is 0 Å². The highest BCUT2D eigenvalue weighted by Gasteiger charge is 2.13. The van der Waals surface area contributed by atoms with Crippen molar-refractivity contribution in [1.29, 1.82) is 0 Å². The fourth-order valence-corrected chi connectivity index (χ4v) is 2.01. The summed E-state index contributed by atoms with van der Waals surface area (Å²) in [6.45, 7) is 4.75. The van der Waals surface area contributed by atoms with Crippen molar-refractivity contribution in [3.63, 3.8) is 0 Å². The lowest BCUT2D eigenvalue weighted by Crippen LogP contribution is -2.54. The lowest BCUT2D eigenvalue weighted by molar-refractivity contribution is 0.500. The maximum atomic E-state index is 12.5. The van der Waals surface area contributed by atoms with Crippen molar-refractivity contribution in [2.24, 2.45) is 0 Å². The summed E-state index contributed by atoms with van der Waals surface area (Å²) in [5.74, 6) is 0. The third-order valence-electron chi connectivity index (χ3n) is 3.05. The third kappa shape index (κ3) is 5.54. The summed E-state index contributed by atoms with van der Waals surface area (Å²) in [4.78, 5) is 37.4. The first kappa shape index (κ1) is 20.5. The molecule has 0 bridgehead atoms. The molecule has 1 aromatic rings. The van der Waals surface area contributed by atoms with Crippen molar-refractivity contribution in [3.05, 3.63) is 64.8 Å². The van der Waals surface area contributed by atoms with E-state index >= 15 is 0 Å². The first-order chi connectivity index (χ1) is 11.1. The molecule has 1 heterocycles. The van der Waals surface area contributed by atoms with Crippen LogP contribution in [0.5, 0.6) is 0 Å². The maximum Gasteiger partial charge on any atom is 0.336 e. The Balaban J connectivity index is 3.64. The predicted octanol–water partition coefficient (Wildman–Crippen LogP) is 2.60. The number of allylic oxidation sites excluding steroid dienone is 6. The van der Waals surface area contributed by atoms with E-state index in [4.69, 9.17) is 34.8 Å². The number of halogens is 3. The van der Waals surface area contributed by atoms with Crippen LogP contribution in [0.1, 0.15) is 20.8 Å². The SMILES string of the molecule is C/C(Cl)=C/Cn1c(=O)n(C/C=C(/C)Cl)c(=O)n(C/C=C(/C)Cl)c1=O. The molecule has 0 spiro atoms. The quantitative estimate of drug-likeness (QED) is 0.745. The monoisotopic (exact) mass is 393 g/mol. The second-order valence-electron chi connectivity index (χ2n) is 5.05. The molecule has 1 aromatic heterocycles. The molecule has 0 aliphatic rings. The Morgan fingerprint density at radius 3 is 1.04 bits per heavy atom. The van der Waals surface area contributed by atoms with Crippen molar-refractivity contribution in [2.75, 3.05) is 0 Å². The van der Waals surface area contributed by atoms with E-state index in [1.807, 2.05) is 0 Å². The smallest absolute Gasteiger partial charge is 0.247 e. The molecule has 0 aliphatic carbocycles. The first-order valence-corrected chi connectivity index (χ1v) is 8.19. The summed E-state index contributed by atoms with van der Waals surface area (Å²) in [6.07, 6.45) is 4.53. The Morgan fingerprint density at radius 1 is 0.667 bits per heavy atom. The Bertz CT molecular complexity index is 716. The van der Waals surface area contributed by atoms with Gasteiger partial charge in [-0.1, -0.05) is 53.0 Å². The molecule has 0 saturated heterocycles. The second-order valence-corrected chi connectivity index (χ2v) is 6.84. The molecule has 6 nitrogen and oxygen atoms in total. The minimum atomic E-state index is -0.726. The summed E-state index contributed by atoms with van der Waals surface area (Å²) >= 11 is 17.3. The molecule has 132 valence electrons. The van der Waals surface area contributed by atoms with Gasteiger partial charge in [0.2, 0.25) is 0 Å². The highest BCUT2D eigenvalue weighted by Crippen LogP contribution is 1.99. The zero-order valence-electron chi connectivity index (χ0n) is 13.6. The molecule has 0 aromatic carbocycles. The Morgan fingerprint density at radius 2 is 0.875 bits per heavy atom. The molecule has 0 aliphatic heterocycles. The first-order valence-electron chi connectivity index (χ1n) is 7.06. The second kappa shape index (κ2) is 9.11. The number of hydrogen-bond donors (Lipinski definition) is 0. The summed E-state index contributed by atoms with van der Waals surface area (Å²) in [5, 5.41) is 1.29. The highest BCUT2D eigenvalue weighted by molar-refractivity contribution is 6.29. The van der Waals surface area contributed by atoms with Crippen LogP contribution in [0.15, 0.2) is 47.7 Å². The normalized spacial score (nSPS) is 13.5. The van der Waals surface area contributed by atoms with Gasteiger partial charge in [0.25, 0.3) is 0 Å². The minimum absolute atomic E-state index is 0.0412. The van der Waals surface area contributed by atoms with Crippen LogP contribution in [-0.4, -0.2) is 13.7 Å². The number of rotatable bonds is 6. The van der Waals surface area contributed by atoms with Crippen LogP contribution < -0.4 is 17.1 Å². The van der Waals surface area contributed by atoms with Crippen molar-refractivity contribution < 1.29 is 0 Å². The van der Waals surface area contributed by atoms with E-state index in [1.54, 1.807) is 20.8 Å². The lowest BCUT2D eigenvalue weighted by Gasteiger charge is -2.11. The Hall–Kier alpha value is -1.50. The summed E-state index contributed by atoms with van der Waals surface area (Å²) in [5.41, 5.74) is -2.18. The van der Waals surface area contributed by atoms with Crippen molar-refractivity contribution in [2.45, 2.75) is 40.4 Å². The van der Waals surface area contributed by atoms with E-state index in [0.29, 0.717) is 15.1 Å². The van der Waals surface area contributed by atoms with Gasteiger partial charge in [-0.25, -0.2) is 28.1 Å². The Labute approximate surface area is 153 Å². The number of aromatic nitrogens is 3. The largest absolute Gasteiger partial charge is 0.336 e. The number of nitrogens with zero attached hydrogens (tertiary/aromatic N) is 3. The Kier molecular flexibility index (Phi) is 7.79. The fraction of sp³-hybridized carbons (Fsp3) is 0.400. The van der Waals surface area contributed by atoms with Crippen LogP contribution in [0.25, 0.3) is 0 Å². The van der Waals surface area contributed by atoms with Crippen LogP contribution in [0.4, 0.5) is 0 Å². The molecule has 1 rings (SSSR count). The van der Waals surface area contributed by atoms with Gasteiger partial charge >= 0.3 is 17.1 Å². The molecule has 24 heavy (non-hydrogen) atoms. The summed E-state index contributed by atoms with van der Waals surface area (Å²) in [6, 6.07) is 0. The molecule has 0 amide bonds. The molecule has 9 heteroatoms. The van der Waals surface area contributed by atoms with Crippen molar-refractivity contribution >= 4 is 34.8 Å². The van der Waals surface area contributed by atoms with Crippen LogP contribution in [-0.2, 0) is 19.6 Å². The molecule has 0 N–H and O–H groups in total. The van der Waals surface area contributed by atoms with E-state index in [0.717, 1.165) is 13.7 Å². The molecule has 0 radical (unpaired) electrons. The van der Waals surface area contributed by atoms with E-state index in [1.165, 1.54) is 18.2 Å². The van der Waals surface area contributed by atoms with Gasteiger partial charge in [-0.15, -0.1) is 0 Å². The molecule has 0 fully saturated rings. The fourth-order valence-electron chi connectivity index (χ4n) is 1.80. The van der Waals surface area contributed by atoms with Gasteiger partial charge in [-0.2, -0.15) is 0 Å². The van der Waals surface area contributed by atoms with Gasteiger partial charge in [0.1, 0.15) is 0 Å². The van der Waals surface area contributed by atoms with Crippen LogP contribution in [0, 0.1) is 0 Å². The summed E-state index contributed by atoms with van der Waals surface area (Å²) in [7, 11) is 0. The molecule has 0 unspecified atom stereocenters. The van der Waals surface area contributed by atoms with Crippen LogP contribution >= 0.6 is 34.8 Å². The van der Waals surface area contributed by atoms with Gasteiger partial charge in [-0.05, 0) is 20.8 Å². The van der Waals surface area contributed by atoms with Gasteiger partial charge in [0.05, 0.1) is 19.6 Å². The van der Waals surface area contributed by atoms with Gasteiger partial charge in [0, 0.05) is 15.1 Å². The van der Waals surface area contributed by atoms with Crippen molar-refractivity contribution in [1.82, 2.24) is 13.7 Å². The van der Waals surface area contributed by atoms with Gasteiger partial charge in [-0.3, -0.25) is 0 Å². The van der Waals surface area contributed by atoms with Crippen LogP contribution in [0.3, 0.4) is 0 Å². The predicted molar refractivity (Wildman–Crippen MR) is 98.1 cm³/mol. The summed E-state index contributed by atoms with van der Waals surface area (Å²) < 4.78 is 2.80. The average Bonchev–Trinajstić information content (AvgIpc) is 2.45. The maximum absolute atomic E-state index is 12.5. The minimum Gasteiger partial charge on any atom is -0.247 e. The number of hydrogen-bond acceptors (Lipinski definition) is 3. The topological polar surface area (TPSA) is 66.0 Å². The van der Waals surface area contributed by atoms with Gasteiger partial charge in [0.15, 0.2) is 0 Å². The third-order valence-corrected chi connectivity index (χ3v) is 3.51.